The van der Waals surface area contributed by atoms with Gasteiger partial charge in [0.15, 0.2) is 0 Å². The molecule has 0 saturated heterocycles. The van der Waals surface area contributed by atoms with E-state index in [4.69, 9.17) is 11.6 Å². The average Bonchev–Trinajstić information content (AvgIpc) is 2.41. The van der Waals surface area contributed by atoms with Gasteiger partial charge in [0.05, 0.1) is 23.0 Å². The first kappa shape index (κ1) is 13.8. The number of halogens is 2. The molecule has 9 heteroatoms. The van der Waals surface area contributed by atoms with Crippen LogP contribution in [0.1, 0.15) is 10.5 Å². The number of nitrogens with zero attached hydrogens (tertiary/aromatic N) is 3. The van der Waals surface area contributed by atoms with Crippen LogP contribution in [-0.4, -0.2) is 20.8 Å². The molecule has 2 rings (SSSR count). The molecule has 0 aliphatic heterocycles. The van der Waals surface area contributed by atoms with Crippen molar-refractivity contribution in [2.45, 2.75) is 0 Å². The zero-order chi connectivity index (χ0) is 14.7. The largest absolute Gasteiger partial charge is 0.318 e. The van der Waals surface area contributed by atoms with Crippen LogP contribution in [0.3, 0.4) is 0 Å². The Balaban J connectivity index is 2.25. The van der Waals surface area contributed by atoms with Crippen LogP contribution in [0.2, 0.25) is 5.15 Å². The highest BCUT2D eigenvalue weighted by molar-refractivity contribution is 6.29. The zero-order valence-corrected chi connectivity index (χ0v) is 10.5. The van der Waals surface area contributed by atoms with E-state index in [2.05, 4.69) is 15.3 Å². The van der Waals surface area contributed by atoms with Crippen LogP contribution in [0.4, 0.5) is 15.8 Å². The minimum absolute atomic E-state index is 0.0969. The van der Waals surface area contributed by atoms with E-state index >= 15 is 0 Å². The molecule has 7 nitrogen and oxygen atoms in total. The molecule has 1 heterocycles. The number of benzene rings is 1. The van der Waals surface area contributed by atoms with Crippen LogP contribution in [0, 0.1) is 15.9 Å². The van der Waals surface area contributed by atoms with E-state index in [0.29, 0.717) is 0 Å². The van der Waals surface area contributed by atoms with E-state index in [9.17, 15) is 19.3 Å². The van der Waals surface area contributed by atoms with Crippen LogP contribution in [-0.2, 0) is 0 Å². The summed E-state index contributed by atoms with van der Waals surface area (Å²) in [6.45, 7) is 0. The highest BCUT2D eigenvalue weighted by atomic mass is 35.5. The maximum atomic E-state index is 13.5. The summed E-state index contributed by atoms with van der Waals surface area (Å²) in [6, 6.07) is 2.80. The first-order chi connectivity index (χ1) is 9.47. The molecule has 0 unspecified atom stereocenters. The van der Waals surface area contributed by atoms with Crippen molar-refractivity contribution < 1.29 is 14.1 Å². The number of hydrogen-bond donors (Lipinski definition) is 1. The second-order valence-corrected chi connectivity index (χ2v) is 3.99. The van der Waals surface area contributed by atoms with E-state index < -0.39 is 16.6 Å². The molecule has 0 fully saturated rings. The Hall–Kier alpha value is -2.61. The SMILES string of the molecule is O=C(Nc1cc([N+](=O)[O-])ccc1F)c1cnc(Cl)cn1. The zero-order valence-electron chi connectivity index (χ0n) is 9.71. The molecule has 102 valence electrons. The average molecular weight is 297 g/mol. The quantitative estimate of drug-likeness (QED) is 0.693. The lowest BCUT2D eigenvalue weighted by Gasteiger charge is -2.05. The van der Waals surface area contributed by atoms with Crippen LogP contribution >= 0.6 is 11.6 Å². The molecule has 0 aliphatic carbocycles. The Bertz CT molecular complexity index is 678. The molecular weight excluding hydrogens is 291 g/mol. The maximum absolute atomic E-state index is 13.5. The Morgan fingerprint density at radius 1 is 1.35 bits per heavy atom. The molecule has 0 radical (unpaired) electrons. The molecule has 0 spiro atoms. The number of nitrogens with one attached hydrogen (secondary N) is 1. The second kappa shape index (κ2) is 5.57. The Morgan fingerprint density at radius 2 is 2.10 bits per heavy atom. The van der Waals surface area contributed by atoms with Gasteiger partial charge in [-0.25, -0.2) is 14.4 Å². The Kier molecular flexibility index (Phi) is 3.85. The number of amides is 1. The molecule has 1 N–H and O–H groups in total. The summed E-state index contributed by atoms with van der Waals surface area (Å²) in [6.07, 6.45) is 2.26. The summed E-state index contributed by atoms with van der Waals surface area (Å²) in [4.78, 5) is 29.0. The number of aromatic nitrogens is 2. The molecule has 1 amide bonds. The van der Waals surface area contributed by atoms with Crippen LogP contribution < -0.4 is 5.32 Å². The molecule has 2 aromatic rings. The first-order valence-electron chi connectivity index (χ1n) is 5.20. The highest BCUT2D eigenvalue weighted by Gasteiger charge is 2.15. The van der Waals surface area contributed by atoms with Gasteiger partial charge in [0.25, 0.3) is 11.6 Å². The molecule has 0 aliphatic rings. The van der Waals surface area contributed by atoms with Gasteiger partial charge in [0, 0.05) is 12.1 Å². The fraction of sp³-hybridized carbons (Fsp3) is 0. The van der Waals surface area contributed by atoms with Gasteiger partial charge in [-0.2, -0.15) is 0 Å². The van der Waals surface area contributed by atoms with Crippen LogP contribution in [0.5, 0.6) is 0 Å². The third-order valence-electron chi connectivity index (χ3n) is 2.26. The minimum Gasteiger partial charge on any atom is -0.318 e. The fourth-order valence-electron chi connectivity index (χ4n) is 1.34. The molecule has 1 aromatic heterocycles. The summed E-state index contributed by atoms with van der Waals surface area (Å²) in [7, 11) is 0. The number of hydrogen-bond acceptors (Lipinski definition) is 5. The van der Waals surface area contributed by atoms with Crippen molar-refractivity contribution in [1.82, 2.24) is 9.97 Å². The van der Waals surface area contributed by atoms with Gasteiger partial charge in [0.1, 0.15) is 16.7 Å². The van der Waals surface area contributed by atoms with Crippen LogP contribution in [0.25, 0.3) is 0 Å². The number of anilines is 1. The van der Waals surface area contributed by atoms with Gasteiger partial charge in [0.2, 0.25) is 0 Å². The third kappa shape index (κ3) is 3.04. The smallest absolute Gasteiger partial charge is 0.275 e. The lowest BCUT2D eigenvalue weighted by molar-refractivity contribution is -0.384. The van der Waals surface area contributed by atoms with Crippen molar-refractivity contribution in [2.24, 2.45) is 0 Å². The van der Waals surface area contributed by atoms with Gasteiger partial charge in [-0.3, -0.25) is 14.9 Å². The highest BCUT2D eigenvalue weighted by Crippen LogP contribution is 2.21. The monoisotopic (exact) mass is 296 g/mol. The van der Waals surface area contributed by atoms with Crippen molar-refractivity contribution >= 4 is 28.9 Å². The predicted octanol–water partition coefficient (Wildman–Crippen LogP) is 2.43. The summed E-state index contributed by atoms with van der Waals surface area (Å²) in [5.74, 6) is -1.56. The number of non-ortho nitro benzene ring substituents is 1. The van der Waals surface area contributed by atoms with Crippen molar-refractivity contribution in [2.75, 3.05) is 5.32 Å². The summed E-state index contributed by atoms with van der Waals surface area (Å²) in [5.41, 5.74) is -0.759. The van der Waals surface area contributed by atoms with Gasteiger partial charge in [-0.15, -0.1) is 0 Å². The third-order valence-corrected chi connectivity index (χ3v) is 2.46. The normalized spacial score (nSPS) is 10.1. The van der Waals surface area contributed by atoms with E-state index in [1.807, 2.05) is 0 Å². The lowest BCUT2D eigenvalue weighted by Crippen LogP contribution is -2.15. The predicted molar refractivity (Wildman–Crippen MR) is 68.0 cm³/mol. The Labute approximate surface area is 116 Å². The number of carbonyl (C=O) groups is 1. The molecule has 0 bridgehead atoms. The first-order valence-corrected chi connectivity index (χ1v) is 5.58. The van der Waals surface area contributed by atoms with E-state index in [-0.39, 0.29) is 22.2 Å². The number of rotatable bonds is 3. The van der Waals surface area contributed by atoms with Crippen molar-refractivity contribution in [1.29, 1.82) is 0 Å². The van der Waals surface area contributed by atoms with E-state index in [1.165, 1.54) is 0 Å². The summed E-state index contributed by atoms with van der Waals surface area (Å²) < 4.78 is 13.5. The molecule has 20 heavy (non-hydrogen) atoms. The topological polar surface area (TPSA) is 98.0 Å². The standard InChI is InChI=1S/C11H6ClFN4O3/c12-10-5-14-9(4-15-10)11(18)16-8-3-6(17(19)20)1-2-7(8)13/h1-5H,(H,16,18). The number of nitro benzene ring substituents is 1. The van der Waals surface area contributed by atoms with Crippen LogP contribution in [0.15, 0.2) is 30.6 Å². The van der Waals surface area contributed by atoms with Crippen molar-refractivity contribution in [3.05, 3.63) is 57.4 Å². The summed E-state index contributed by atoms with van der Waals surface area (Å²) in [5, 5.41) is 12.9. The lowest BCUT2D eigenvalue weighted by atomic mass is 10.2. The summed E-state index contributed by atoms with van der Waals surface area (Å²) >= 11 is 5.52. The minimum atomic E-state index is -0.800. The maximum Gasteiger partial charge on any atom is 0.275 e. The molecule has 1 aromatic carbocycles. The van der Waals surface area contributed by atoms with Gasteiger partial charge in [-0.05, 0) is 6.07 Å². The van der Waals surface area contributed by atoms with E-state index in [1.54, 1.807) is 0 Å². The number of carbonyl (C=O) groups excluding carboxylic acids is 1. The molecule has 0 atom stereocenters. The van der Waals surface area contributed by atoms with Gasteiger partial charge < -0.3 is 5.32 Å². The molecule has 0 saturated carbocycles. The number of nitro groups is 1. The molecular formula is C11H6ClFN4O3. The van der Waals surface area contributed by atoms with Crippen molar-refractivity contribution in [3.8, 4) is 0 Å². The van der Waals surface area contributed by atoms with Gasteiger partial charge >= 0.3 is 0 Å². The van der Waals surface area contributed by atoms with Gasteiger partial charge in [-0.1, -0.05) is 11.6 Å². The van der Waals surface area contributed by atoms with Crippen molar-refractivity contribution in [3.63, 3.8) is 0 Å². The Morgan fingerprint density at radius 3 is 2.70 bits per heavy atom. The second-order valence-electron chi connectivity index (χ2n) is 3.60. The fourth-order valence-corrected chi connectivity index (χ4v) is 1.44. The van der Waals surface area contributed by atoms with E-state index in [0.717, 1.165) is 30.6 Å².